The molecule has 186 valence electrons. The van der Waals surface area contributed by atoms with Gasteiger partial charge in [0.15, 0.2) is 5.65 Å². The highest BCUT2D eigenvalue weighted by Crippen LogP contribution is 2.37. The van der Waals surface area contributed by atoms with Gasteiger partial charge in [-0.2, -0.15) is 0 Å². The van der Waals surface area contributed by atoms with E-state index in [9.17, 15) is 8.42 Å². The molecule has 0 amide bonds. The highest BCUT2D eigenvalue weighted by Gasteiger charge is 2.52. The number of aryl methyl sites for hydroxylation is 1. The third kappa shape index (κ3) is 3.99. The number of ether oxygens (including phenoxy) is 1. The number of rotatable bonds is 5. The van der Waals surface area contributed by atoms with Crippen LogP contribution in [0.25, 0.3) is 22.3 Å². The molecule has 0 atom stereocenters. The smallest absolute Gasteiger partial charge is 0.495 e. The van der Waals surface area contributed by atoms with Crippen LogP contribution in [-0.4, -0.2) is 47.8 Å². The van der Waals surface area contributed by atoms with E-state index >= 15 is 0 Å². The summed E-state index contributed by atoms with van der Waals surface area (Å²) < 4.78 is 46.8. The maximum atomic E-state index is 13.9. The Morgan fingerprint density at radius 3 is 2.25 bits per heavy atom. The molecule has 0 radical (unpaired) electrons. The van der Waals surface area contributed by atoms with E-state index in [1.807, 2.05) is 40.7 Å². The molecule has 0 bridgehead atoms. The standard InChI is InChI=1S/C26H28BN3O5S/c1-17-7-9-22(10-8-17)36(31,32)30-23(19-12-21(33-6)16-28-14-19)13-18-11-20(15-29-24(18)30)27-34-25(2,3)26(4,5)35-27/h7-16H,1-6H3. The third-order valence-electron chi connectivity index (χ3n) is 6.95. The molecule has 10 heteroatoms. The molecule has 3 aromatic heterocycles. The number of pyridine rings is 2. The minimum absolute atomic E-state index is 0.166. The number of benzene rings is 1. The van der Waals surface area contributed by atoms with Gasteiger partial charge in [-0.3, -0.25) is 4.98 Å². The summed E-state index contributed by atoms with van der Waals surface area (Å²) in [5, 5.41) is 0.635. The van der Waals surface area contributed by atoms with E-state index in [1.165, 1.54) is 11.1 Å². The van der Waals surface area contributed by atoms with Crippen LogP contribution in [0.5, 0.6) is 5.75 Å². The fourth-order valence-corrected chi connectivity index (χ4v) is 5.61. The Bertz CT molecular complexity index is 1550. The van der Waals surface area contributed by atoms with Gasteiger partial charge in [-0.1, -0.05) is 17.7 Å². The summed E-state index contributed by atoms with van der Waals surface area (Å²) in [6.45, 7) is 9.84. The van der Waals surface area contributed by atoms with Crippen molar-refractivity contribution in [3.63, 3.8) is 0 Å². The fraction of sp³-hybridized carbons (Fsp3) is 0.308. The first-order valence-electron chi connectivity index (χ1n) is 11.6. The molecule has 0 saturated carbocycles. The molecule has 1 saturated heterocycles. The minimum Gasteiger partial charge on any atom is -0.495 e. The molecule has 5 rings (SSSR count). The van der Waals surface area contributed by atoms with Gasteiger partial charge in [0.1, 0.15) is 5.75 Å². The Kier molecular flexibility index (Phi) is 5.74. The van der Waals surface area contributed by atoms with Gasteiger partial charge in [0.05, 0.1) is 35.1 Å². The van der Waals surface area contributed by atoms with Gasteiger partial charge in [0.25, 0.3) is 10.0 Å². The summed E-state index contributed by atoms with van der Waals surface area (Å²) in [5.41, 5.74) is 1.97. The van der Waals surface area contributed by atoms with Crippen LogP contribution in [0.4, 0.5) is 0 Å². The molecule has 4 aromatic rings. The van der Waals surface area contributed by atoms with E-state index in [1.54, 1.807) is 55.0 Å². The lowest BCUT2D eigenvalue weighted by Crippen LogP contribution is -2.41. The zero-order valence-electron chi connectivity index (χ0n) is 21.1. The molecule has 0 N–H and O–H groups in total. The Morgan fingerprint density at radius 2 is 1.61 bits per heavy atom. The third-order valence-corrected chi connectivity index (χ3v) is 8.67. The molecule has 0 spiro atoms. The van der Waals surface area contributed by atoms with Crippen molar-refractivity contribution in [3.05, 3.63) is 66.6 Å². The van der Waals surface area contributed by atoms with Crippen LogP contribution in [0.3, 0.4) is 0 Å². The van der Waals surface area contributed by atoms with Crippen molar-refractivity contribution >= 4 is 33.6 Å². The first kappa shape index (κ1) is 24.5. The summed E-state index contributed by atoms with van der Waals surface area (Å²) in [4.78, 5) is 8.99. The molecule has 1 fully saturated rings. The summed E-state index contributed by atoms with van der Waals surface area (Å²) in [6.07, 6.45) is 4.78. The van der Waals surface area contributed by atoms with Crippen molar-refractivity contribution in [1.29, 1.82) is 0 Å². The largest absolute Gasteiger partial charge is 0.496 e. The maximum absolute atomic E-state index is 13.9. The van der Waals surface area contributed by atoms with Crippen LogP contribution in [0.15, 0.2) is 66.0 Å². The van der Waals surface area contributed by atoms with Gasteiger partial charge in [-0.15, -0.1) is 0 Å². The van der Waals surface area contributed by atoms with Gasteiger partial charge < -0.3 is 14.0 Å². The highest BCUT2D eigenvalue weighted by molar-refractivity contribution is 7.90. The number of nitrogens with zero attached hydrogens (tertiary/aromatic N) is 3. The second-order valence-corrected chi connectivity index (χ2v) is 11.8. The van der Waals surface area contributed by atoms with Crippen molar-refractivity contribution in [3.8, 4) is 17.0 Å². The van der Waals surface area contributed by atoms with Crippen LogP contribution in [0.1, 0.15) is 33.3 Å². The Balaban J connectivity index is 1.71. The summed E-state index contributed by atoms with van der Waals surface area (Å²) in [7, 11) is -3.06. The quantitative estimate of drug-likeness (QED) is 0.379. The number of methoxy groups -OCH3 is 1. The SMILES string of the molecule is COc1cncc(-c2cc3cc(B4OC(C)(C)C(C)(C)O4)cnc3n2S(=O)(=O)c2ccc(C)cc2)c1. The highest BCUT2D eigenvalue weighted by atomic mass is 32.2. The summed E-state index contributed by atoms with van der Waals surface area (Å²) in [5.74, 6) is 0.517. The lowest BCUT2D eigenvalue weighted by atomic mass is 9.80. The lowest BCUT2D eigenvalue weighted by Gasteiger charge is -2.32. The Morgan fingerprint density at radius 1 is 0.944 bits per heavy atom. The molecule has 0 unspecified atom stereocenters. The van der Waals surface area contributed by atoms with Crippen molar-refractivity contribution in [2.45, 2.75) is 50.7 Å². The average molecular weight is 505 g/mol. The van der Waals surface area contributed by atoms with E-state index in [0.29, 0.717) is 33.5 Å². The number of aromatic nitrogens is 3. The molecular formula is C26H28BN3O5S. The lowest BCUT2D eigenvalue weighted by molar-refractivity contribution is 0.00578. The molecular weight excluding hydrogens is 477 g/mol. The van der Waals surface area contributed by atoms with Gasteiger partial charge in [0.2, 0.25) is 0 Å². The van der Waals surface area contributed by atoms with E-state index < -0.39 is 28.3 Å². The molecule has 1 aromatic carbocycles. The van der Waals surface area contributed by atoms with Gasteiger partial charge in [-0.25, -0.2) is 17.4 Å². The number of fused-ring (bicyclic) bond motifs is 1. The molecule has 1 aliphatic rings. The van der Waals surface area contributed by atoms with E-state index in [4.69, 9.17) is 14.0 Å². The zero-order chi connectivity index (χ0) is 25.9. The Hall–Kier alpha value is -3.21. The van der Waals surface area contributed by atoms with Crippen molar-refractivity contribution in [1.82, 2.24) is 13.9 Å². The normalized spacial score (nSPS) is 17.0. The van der Waals surface area contributed by atoms with E-state index in [2.05, 4.69) is 9.97 Å². The topological polar surface area (TPSA) is 92.5 Å². The molecule has 1 aliphatic heterocycles. The summed E-state index contributed by atoms with van der Waals surface area (Å²) in [6, 6.07) is 12.1. The average Bonchev–Trinajstić information content (AvgIpc) is 3.33. The van der Waals surface area contributed by atoms with Crippen LogP contribution < -0.4 is 10.2 Å². The van der Waals surface area contributed by atoms with Gasteiger partial charge in [0, 0.05) is 28.8 Å². The molecule has 8 nitrogen and oxygen atoms in total. The van der Waals surface area contributed by atoms with Crippen molar-refractivity contribution in [2.24, 2.45) is 0 Å². The van der Waals surface area contributed by atoms with E-state index in [0.717, 1.165) is 5.56 Å². The van der Waals surface area contributed by atoms with Crippen LogP contribution in [-0.2, 0) is 19.3 Å². The van der Waals surface area contributed by atoms with Crippen molar-refractivity contribution < 1.29 is 22.5 Å². The van der Waals surface area contributed by atoms with Gasteiger partial charge in [-0.05, 0) is 65.0 Å². The second-order valence-electron chi connectivity index (χ2n) is 10.00. The first-order chi connectivity index (χ1) is 16.9. The van der Waals surface area contributed by atoms with Crippen LogP contribution >= 0.6 is 0 Å². The van der Waals surface area contributed by atoms with Crippen LogP contribution in [0, 0.1) is 6.92 Å². The predicted octanol–water partition coefficient (Wildman–Crippen LogP) is 3.95. The monoisotopic (exact) mass is 505 g/mol. The first-order valence-corrected chi connectivity index (χ1v) is 13.1. The van der Waals surface area contributed by atoms with E-state index in [-0.39, 0.29) is 4.90 Å². The fourth-order valence-electron chi connectivity index (χ4n) is 4.13. The molecule has 0 aliphatic carbocycles. The summed E-state index contributed by atoms with van der Waals surface area (Å²) >= 11 is 0. The second kappa shape index (κ2) is 8.43. The number of hydrogen-bond acceptors (Lipinski definition) is 7. The van der Waals surface area contributed by atoms with Crippen LogP contribution in [0.2, 0.25) is 0 Å². The maximum Gasteiger partial charge on any atom is 0.496 e. The van der Waals surface area contributed by atoms with Gasteiger partial charge >= 0.3 is 7.12 Å². The zero-order valence-corrected chi connectivity index (χ0v) is 22.0. The molecule has 36 heavy (non-hydrogen) atoms. The predicted molar refractivity (Wildman–Crippen MR) is 139 cm³/mol. The number of hydrogen-bond donors (Lipinski definition) is 0. The minimum atomic E-state index is -3.98. The van der Waals surface area contributed by atoms with Crippen molar-refractivity contribution in [2.75, 3.05) is 7.11 Å². The Labute approximate surface area is 211 Å². The molecule has 4 heterocycles.